The summed E-state index contributed by atoms with van der Waals surface area (Å²) >= 11 is 3.25. The van der Waals surface area contributed by atoms with Crippen LogP contribution in [0.2, 0.25) is 0 Å². The van der Waals surface area contributed by atoms with Crippen LogP contribution in [0, 0.1) is 5.92 Å². The van der Waals surface area contributed by atoms with Gasteiger partial charge in [0.2, 0.25) is 5.88 Å². The molecule has 3 nitrogen and oxygen atoms in total. The third-order valence-electron chi connectivity index (χ3n) is 1.49. The zero-order chi connectivity index (χ0) is 10.6. The number of aromatic nitrogens is 1. The van der Waals surface area contributed by atoms with Gasteiger partial charge in [-0.1, -0.05) is 13.8 Å². The first-order valence-electron chi connectivity index (χ1n) is 4.40. The molecule has 0 unspecified atom stereocenters. The highest BCUT2D eigenvalue weighted by molar-refractivity contribution is 9.10. The van der Waals surface area contributed by atoms with Gasteiger partial charge in [-0.25, -0.2) is 4.98 Å². The fraction of sp³-hybridized carbons (Fsp3) is 0.400. The molecule has 1 aromatic heterocycles. The first-order chi connectivity index (χ1) is 6.58. The van der Waals surface area contributed by atoms with E-state index in [1.165, 1.54) is 0 Å². The number of esters is 1. The quantitative estimate of drug-likeness (QED) is 0.782. The molecule has 4 heteroatoms. The van der Waals surface area contributed by atoms with Crippen LogP contribution < -0.4 is 4.74 Å². The van der Waals surface area contributed by atoms with Crippen molar-refractivity contribution in [1.82, 2.24) is 4.98 Å². The van der Waals surface area contributed by atoms with Gasteiger partial charge in [-0.3, -0.25) is 4.79 Å². The van der Waals surface area contributed by atoms with E-state index < -0.39 is 0 Å². The molecule has 0 N–H and O–H groups in total. The molecule has 0 aromatic carbocycles. The SMILES string of the molecule is CC(C)CC(=O)Oc1ccc(Br)cn1. The second kappa shape index (κ2) is 5.10. The predicted octanol–water partition coefficient (Wildman–Crippen LogP) is 2.80. The highest BCUT2D eigenvalue weighted by Gasteiger charge is 2.07. The minimum atomic E-state index is -0.241. The average Bonchev–Trinajstić information content (AvgIpc) is 2.07. The van der Waals surface area contributed by atoms with E-state index in [0.717, 1.165) is 4.47 Å². The van der Waals surface area contributed by atoms with E-state index >= 15 is 0 Å². The molecule has 0 bridgehead atoms. The van der Waals surface area contributed by atoms with E-state index in [1.807, 2.05) is 13.8 Å². The Kier molecular flexibility index (Phi) is 4.07. The minimum absolute atomic E-state index is 0.241. The van der Waals surface area contributed by atoms with Gasteiger partial charge in [0.1, 0.15) is 0 Å². The Morgan fingerprint density at radius 3 is 2.79 bits per heavy atom. The van der Waals surface area contributed by atoms with Gasteiger partial charge in [0, 0.05) is 23.2 Å². The van der Waals surface area contributed by atoms with Crippen molar-refractivity contribution in [3.05, 3.63) is 22.8 Å². The molecule has 1 heterocycles. The normalized spacial score (nSPS) is 10.3. The van der Waals surface area contributed by atoms with Crippen molar-refractivity contribution in [2.24, 2.45) is 5.92 Å². The summed E-state index contributed by atoms with van der Waals surface area (Å²) in [5.74, 6) is 0.409. The number of hydrogen-bond acceptors (Lipinski definition) is 3. The lowest BCUT2D eigenvalue weighted by Gasteiger charge is -2.04. The zero-order valence-corrected chi connectivity index (χ0v) is 9.74. The number of rotatable bonds is 3. The Labute approximate surface area is 91.6 Å². The Bertz CT molecular complexity index is 308. The number of halogens is 1. The Morgan fingerprint density at radius 2 is 2.29 bits per heavy atom. The van der Waals surface area contributed by atoms with Crippen LogP contribution in [0.1, 0.15) is 20.3 Å². The van der Waals surface area contributed by atoms with Crippen LogP contribution in [-0.4, -0.2) is 11.0 Å². The molecule has 1 rings (SSSR count). The molecule has 0 radical (unpaired) electrons. The molecule has 0 spiro atoms. The van der Waals surface area contributed by atoms with Gasteiger partial charge < -0.3 is 4.74 Å². The lowest BCUT2D eigenvalue weighted by Crippen LogP contribution is -2.11. The summed E-state index contributed by atoms with van der Waals surface area (Å²) in [6, 6.07) is 3.44. The number of carbonyl (C=O) groups is 1. The smallest absolute Gasteiger partial charge is 0.312 e. The second-order valence-corrected chi connectivity index (χ2v) is 4.30. The van der Waals surface area contributed by atoms with Crippen LogP contribution in [0.4, 0.5) is 0 Å². The van der Waals surface area contributed by atoms with Gasteiger partial charge in [0.05, 0.1) is 0 Å². The van der Waals surface area contributed by atoms with Crippen molar-refractivity contribution < 1.29 is 9.53 Å². The monoisotopic (exact) mass is 257 g/mol. The van der Waals surface area contributed by atoms with Crippen molar-refractivity contribution in [1.29, 1.82) is 0 Å². The van der Waals surface area contributed by atoms with Crippen molar-refractivity contribution >= 4 is 21.9 Å². The average molecular weight is 258 g/mol. The molecule has 76 valence electrons. The first-order valence-corrected chi connectivity index (χ1v) is 5.19. The molecule has 0 aliphatic carbocycles. The van der Waals surface area contributed by atoms with Crippen LogP contribution >= 0.6 is 15.9 Å². The predicted molar refractivity (Wildman–Crippen MR) is 57.0 cm³/mol. The van der Waals surface area contributed by atoms with E-state index in [9.17, 15) is 4.79 Å². The molecule has 0 fully saturated rings. The molecule has 0 aliphatic heterocycles. The summed E-state index contributed by atoms with van der Waals surface area (Å²) in [5, 5.41) is 0. The van der Waals surface area contributed by atoms with Crippen LogP contribution in [0.25, 0.3) is 0 Å². The Morgan fingerprint density at radius 1 is 1.57 bits per heavy atom. The number of carbonyl (C=O) groups excluding carboxylic acids is 1. The number of pyridine rings is 1. The molecule has 1 aromatic rings. The van der Waals surface area contributed by atoms with Crippen LogP contribution in [0.3, 0.4) is 0 Å². The standard InChI is InChI=1S/C10H12BrNO2/c1-7(2)5-10(13)14-9-4-3-8(11)6-12-9/h3-4,6-7H,5H2,1-2H3. The highest BCUT2D eigenvalue weighted by Crippen LogP contribution is 2.13. The van der Waals surface area contributed by atoms with Crippen LogP contribution in [0.15, 0.2) is 22.8 Å². The molecular formula is C10H12BrNO2. The Balaban J connectivity index is 2.52. The van der Waals surface area contributed by atoms with Crippen molar-refractivity contribution in [2.75, 3.05) is 0 Å². The maximum absolute atomic E-state index is 11.2. The van der Waals surface area contributed by atoms with Gasteiger partial charge in [-0.15, -0.1) is 0 Å². The van der Waals surface area contributed by atoms with Crippen molar-refractivity contribution in [3.8, 4) is 5.88 Å². The molecule has 0 saturated carbocycles. The van der Waals surface area contributed by atoms with Crippen LogP contribution in [0.5, 0.6) is 5.88 Å². The summed E-state index contributed by atoms with van der Waals surface area (Å²) < 4.78 is 5.87. The van der Waals surface area contributed by atoms with Crippen LogP contribution in [-0.2, 0) is 4.79 Å². The third kappa shape index (κ3) is 3.87. The topological polar surface area (TPSA) is 39.2 Å². The second-order valence-electron chi connectivity index (χ2n) is 3.39. The first kappa shape index (κ1) is 11.2. The lowest BCUT2D eigenvalue weighted by molar-refractivity contribution is -0.135. The molecule has 0 amide bonds. The zero-order valence-electron chi connectivity index (χ0n) is 8.16. The fourth-order valence-corrected chi connectivity index (χ4v) is 1.15. The number of hydrogen-bond donors (Lipinski definition) is 0. The lowest BCUT2D eigenvalue weighted by atomic mass is 10.1. The van der Waals surface area contributed by atoms with Gasteiger partial charge in [0.15, 0.2) is 0 Å². The van der Waals surface area contributed by atoms with Gasteiger partial charge in [-0.2, -0.15) is 0 Å². The molecule has 0 atom stereocenters. The highest BCUT2D eigenvalue weighted by atomic mass is 79.9. The van der Waals surface area contributed by atoms with Gasteiger partial charge in [-0.05, 0) is 27.9 Å². The number of nitrogens with zero attached hydrogens (tertiary/aromatic N) is 1. The summed E-state index contributed by atoms with van der Waals surface area (Å²) in [7, 11) is 0. The fourth-order valence-electron chi connectivity index (χ4n) is 0.914. The van der Waals surface area contributed by atoms with E-state index in [1.54, 1.807) is 18.3 Å². The summed E-state index contributed by atoms with van der Waals surface area (Å²) in [4.78, 5) is 15.2. The van der Waals surface area contributed by atoms with Crippen molar-refractivity contribution in [2.45, 2.75) is 20.3 Å². The summed E-state index contributed by atoms with van der Waals surface area (Å²) in [5.41, 5.74) is 0. The largest absolute Gasteiger partial charge is 0.407 e. The maximum atomic E-state index is 11.2. The molecule has 0 saturated heterocycles. The summed E-state index contributed by atoms with van der Waals surface area (Å²) in [6.45, 7) is 3.94. The van der Waals surface area contributed by atoms with E-state index in [2.05, 4.69) is 20.9 Å². The Hall–Kier alpha value is -0.900. The van der Waals surface area contributed by atoms with E-state index in [4.69, 9.17) is 4.74 Å². The molecule has 0 aliphatic rings. The van der Waals surface area contributed by atoms with Crippen molar-refractivity contribution in [3.63, 3.8) is 0 Å². The number of ether oxygens (including phenoxy) is 1. The minimum Gasteiger partial charge on any atom is -0.407 e. The third-order valence-corrected chi connectivity index (χ3v) is 1.96. The molecular weight excluding hydrogens is 246 g/mol. The summed E-state index contributed by atoms with van der Waals surface area (Å²) in [6.07, 6.45) is 2.01. The molecule has 14 heavy (non-hydrogen) atoms. The van der Waals surface area contributed by atoms with E-state index in [0.29, 0.717) is 18.2 Å². The van der Waals surface area contributed by atoms with Gasteiger partial charge >= 0.3 is 5.97 Å². The van der Waals surface area contributed by atoms with E-state index in [-0.39, 0.29) is 5.97 Å². The maximum Gasteiger partial charge on any atom is 0.312 e. The van der Waals surface area contributed by atoms with Gasteiger partial charge in [0.25, 0.3) is 0 Å².